The summed E-state index contributed by atoms with van der Waals surface area (Å²) in [7, 11) is 0. The number of likely N-dealkylation sites (tertiary alicyclic amines) is 1. The number of amides is 3. The second kappa shape index (κ2) is 13.3. The molecule has 2 aromatic carbocycles. The average Bonchev–Trinajstić information content (AvgIpc) is 3.67. The molecule has 0 aromatic heterocycles. The molecule has 8 heteroatoms. The minimum Gasteiger partial charge on any atom is -0.394 e. The van der Waals surface area contributed by atoms with Crippen LogP contribution < -0.4 is 4.90 Å². The van der Waals surface area contributed by atoms with E-state index in [-0.39, 0.29) is 36.8 Å². The van der Waals surface area contributed by atoms with Crippen LogP contribution in [0.3, 0.4) is 0 Å². The first-order valence-corrected chi connectivity index (χ1v) is 16.1. The van der Waals surface area contributed by atoms with E-state index in [0.29, 0.717) is 32.4 Å². The molecular formula is C37H47N3O5. The van der Waals surface area contributed by atoms with E-state index in [1.54, 1.807) is 26.9 Å². The molecule has 3 heterocycles. The molecular weight excluding hydrogens is 566 g/mol. The van der Waals surface area contributed by atoms with Gasteiger partial charge in [-0.15, -0.1) is 13.2 Å². The van der Waals surface area contributed by atoms with Crippen LogP contribution in [0.4, 0.5) is 5.69 Å². The standard InChI is InChI=1S/C37H47N3O5/c1-7-18-38(22-27-12-10-9-11-13-27)34(42)31-30-16-17-37(45-30)32(31)35(43)40(28(23-41)20-24(3)4)33(37)36(44)39(19-8-2)29-21-25(5)14-15-26(29)6/h7-15,21,24,28,30-33,41H,1-2,16-20,22-23H2,3-6H3/t28-,30-,31+,32+,33?,37?/m1/s1. The SMILES string of the molecule is C=CCN(Cc1ccccc1)C(=O)[C@@H]1[C@H]2C(=O)N([C@@H](CO)CC(C)C)C(C(=O)N(CC=C)c3cc(C)ccc3C)C23CC[C@H]1O3. The Labute approximate surface area is 267 Å². The van der Waals surface area contributed by atoms with Crippen molar-refractivity contribution in [1.82, 2.24) is 9.80 Å². The van der Waals surface area contributed by atoms with Crippen molar-refractivity contribution in [3.8, 4) is 0 Å². The molecule has 8 nitrogen and oxygen atoms in total. The fourth-order valence-corrected chi connectivity index (χ4v) is 7.86. The highest BCUT2D eigenvalue weighted by Gasteiger charge is 2.75. The first kappa shape index (κ1) is 32.6. The lowest BCUT2D eigenvalue weighted by Crippen LogP contribution is -2.59. The van der Waals surface area contributed by atoms with Gasteiger partial charge in [-0.1, -0.05) is 68.5 Å². The Bertz CT molecular complexity index is 1440. The van der Waals surface area contributed by atoms with Crippen molar-refractivity contribution in [2.75, 3.05) is 24.6 Å². The van der Waals surface area contributed by atoms with Gasteiger partial charge in [0.05, 0.1) is 30.6 Å². The number of aliphatic hydroxyl groups is 1. The van der Waals surface area contributed by atoms with Crippen molar-refractivity contribution in [1.29, 1.82) is 0 Å². The van der Waals surface area contributed by atoms with Gasteiger partial charge in [0.2, 0.25) is 11.8 Å². The molecule has 45 heavy (non-hydrogen) atoms. The van der Waals surface area contributed by atoms with Crippen LogP contribution in [-0.4, -0.2) is 76.1 Å². The number of carbonyl (C=O) groups is 3. The van der Waals surface area contributed by atoms with Crippen molar-refractivity contribution in [2.45, 2.75) is 77.3 Å². The summed E-state index contributed by atoms with van der Waals surface area (Å²) in [5.74, 6) is -2.13. The van der Waals surface area contributed by atoms with Crippen LogP contribution >= 0.6 is 0 Å². The summed E-state index contributed by atoms with van der Waals surface area (Å²) in [6.45, 7) is 16.5. The Morgan fingerprint density at radius 1 is 1.09 bits per heavy atom. The average molecular weight is 614 g/mol. The minimum atomic E-state index is -1.17. The smallest absolute Gasteiger partial charge is 0.253 e. The number of fused-ring (bicyclic) bond motifs is 1. The largest absolute Gasteiger partial charge is 0.394 e. The monoisotopic (exact) mass is 613 g/mol. The number of nitrogens with zero attached hydrogens (tertiary/aromatic N) is 3. The van der Waals surface area contributed by atoms with E-state index in [0.717, 1.165) is 22.4 Å². The lowest BCUT2D eigenvalue weighted by atomic mass is 9.70. The Hall–Kier alpha value is -3.75. The molecule has 3 amide bonds. The van der Waals surface area contributed by atoms with E-state index in [4.69, 9.17) is 4.74 Å². The third-order valence-corrected chi connectivity index (χ3v) is 9.72. The molecule has 3 aliphatic heterocycles. The van der Waals surface area contributed by atoms with E-state index in [1.807, 2.05) is 76.2 Å². The van der Waals surface area contributed by atoms with Crippen LogP contribution in [-0.2, 0) is 25.7 Å². The molecule has 2 aromatic rings. The summed E-state index contributed by atoms with van der Waals surface area (Å²) in [6.07, 6.45) is 4.48. The fraction of sp³-hybridized carbons (Fsp3) is 0.486. The molecule has 0 radical (unpaired) electrons. The highest BCUT2D eigenvalue weighted by atomic mass is 16.5. The minimum absolute atomic E-state index is 0.163. The molecule has 1 spiro atoms. The number of hydrogen-bond acceptors (Lipinski definition) is 5. The van der Waals surface area contributed by atoms with Crippen LogP contribution in [0.1, 0.15) is 49.8 Å². The zero-order valence-corrected chi connectivity index (χ0v) is 27.0. The van der Waals surface area contributed by atoms with Gasteiger partial charge in [-0.2, -0.15) is 0 Å². The zero-order valence-electron chi connectivity index (χ0n) is 27.0. The van der Waals surface area contributed by atoms with Gasteiger partial charge in [-0.3, -0.25) is 14.4 Å². The maximum absolute atomic E-state index is 15.0. The molecule has 0 aliphatic carbocycles. The van der Waals surface area contributed by atoms with Crippen molar-refractivity contribution in [2.24, 2.45) is 17.8 Å². The molecule has 1 N–H and O–H groups in total. The van der Waals surface area contributed by atoms with Gasteiger partial charge in [0, 0.05) is 25.3 Å². The number of anilines is 1. The van der Waals surface area contributed by atoms with Crippen molar-refractivity contribution < 1.29 is 24.2 Å². The third-order valence-electron chi connectivity index (χ3n) is 9.72. The van der Waals surface area contributed by atoms with Gasteiger partial charge < -0.3 is 24.5 Å². The zero-order chi connectivity index (χ0) is 32.5. The van der Waals surface area contributed by atoms with E-state index >= 15 is 0 Å². The summed E-state index contributed by atoms with van der Waals surface area (Å²) in [5, 5.41) is 10.7. The molecule has 6 atom stereocenters. The molecule has 2 bridgehead atoms. The van der Waals surface area contributed by atoms with Crippen molar-refractivity contribution in [3.63, 3.8) is 0 Å². The molecule has 2 unspecified atom stereocenters. The summed E-state index contributed by atoms with van der Waals surface area (Å²) < 4.78 is 6.76. The summed E-state index contributed by atoms with van der Waals surface area (Å²) >= 11 is 0. The third kappa shape index (κ3) is 5.86. The maximum Gasteiger partial charge on any atom is 0.253 e. The molecule has 3 fully saturated rings. The van der Waals surface area contributed by atoms with E-state index < -0.39 is 35.6 Å². The van der Waals surface area contributed by atoms with E-state index in [1.165, 1.54) is 0 Å². The number of aryl methyl sites for hydroxylation is 2. The van der Waals surface area contributed by atoms with Gasteiger partial charge in [-0.25, -0.2) is 0 Å². The van der Waals surface area contributed by atoms with Crippen LogP contribution in [0, 0.1) is 31.6 Å². The Kier molecular flexibility index (Phi) is 9.65. The summed E-state index contributed by atoms with van der Waals surface area (Å²) in [6, 6.07) is 14.1. The van der Waals surface area contributed by atoms with Crippen LogP contribution in [0.25, 0.3) is 0 Å². The van der Waals surface area contributed by atoms with Gasteiger partial charge in [0.1, 0.15) is 11.6 Å². The Balaban J connectivity index is 1.59. The van der Waals surface area contributed by atoms with Crippen LogP contribution in [0.5, 0.6) is 0 Å². The van der Waals surface area contributed by atoms with Crippen molar-refractivity contribution >= 4 is 23.4 Å². The normalized spacial score (nSPS) is 25.7. The van der Waals surface area contributed by atoms with E-state index in [9.17, 15) is 19.5 Å². The molecule has 3 aliphatic rings. The van der Waals surface area contributed by atoms with Gasteiger partial charge in [-0.05, 0) is 61.8 Å². The molecule has 5 rings (SSSR count). The van der Waals surface area contributed by atoms with Gasteiger partial charge >= 0.3 is 0 Å². The summed E-state index contributed by atoms with van der Waals surface area (Å²) in [4.78, 5) is 49.1. The fourth-order valence-electron chi connectivity index (χ4n) is 7.86. The number of aliphatic hydroxyl groups excluding tert-OH is 1. The highest BCUT2D eigenvalue weighted by molar-refractivity contribution is 6.05. The number of hydrogen-bond donors (Lipinski definition) is 1. The number of carbonyl (C=O) groups excluding carboxylic acids is 3. The van der Waals surface area contributed by atoms with Crippen LogP contribution in [0.15, 0.2) is 73.8 Å². The highest BCUT2D eigenvalue weighted by Crippen LogP contribution is 2.59. The predicted molar refractivity (Wildman–Crippen MR) is 175 cm³/mol. The predicted octanol–water partition coefficient (Wildman–Crippen LogP) is 4.82. The maximum atomic E-state index is 15.0. The molecule has 240 valence electrons. The number of benzene rings is 2. The lowest BCUT2D eigenvalue weighted by Gasteiger charge is -2.40. The Morgan fingerprint density at radius 2 is 1.80 bits per heavy atom. The first-order chi connectivity index (χ1) is 21.6. The summed E-state index contributed by atoms with van der Waals surface area (Å²) in [5.41, 5.74) is 2.48. The van der Waals surface area contributed by atoms with Crippen molar-refractivity contribution in [3.05, 3.63) is 90.5 Å². The molecule has 3 saturated heterocycles. The molecule has 0 saturated carbocycles. The van der Waals surface area contributed by atoms with Crippen LogP contribution in [0.2, 0.25) is 0 Å². The second-order valence-electron chi connectivity index (χ2n) is 13.3. The van der Waals surface area contributed by atoms with E-state index in [2.05, 4.69) is 13.2 Å². The van der Waals surface area contributed by atoms with Gasteiger partial charge in [0.25, 0.3) is 5.91 Å². The second-order valence-corrected chi connectivity index (χ2v) is 13.3. The Morgan fingerprint density at radius 3 is 2.44 bits per heavy atom. The topological polar surface area (TPSA) is 90.4 Å². The quantitative estimate of drug-likeness (QED) is 0.328. The number of ether oxygens (including phenoxy) is 1. The first-order valence-electron chi connectivity index (χ1n) is 16.1. The van der Waals surface area contributed by atoms with Gasteiger partial charge in [0.15, 0.2) is 0 Å². The number of rotatable bonds is 13. The lowest BCUT2D eigenvalue weighted by molar-refractivity contribution is -0.147.